The number of imide groups is 1. The Morgan fingerprint density at radius 2 is 1.54 bits per heavy atom. The van der Waals surface area contributed by atoms with Gasteiger partial charge >= 0.3 is 5.97 Å². The number of nitrogens with zero attached hydrogens (tertiary/aromatic N) is 1. The number of amides is 2. The number of carboxylic acid groups (broad SMARTS) is 1. The van der Waals surface area contributed by atoms with E-state index in [4.69, 9.17) is 5.11 Å². The van der Waals surface area contributed by atoms with Gasteiger partial charge in [-0.1, -0.05) is 36.4 Å². The number of carbonyl (C=O) groups excluding carboxylic acids is 2. The first-order chi connectivity index (χ1) is 11.6. The third-order valence-corrected chi connectivity index (χ3v) is 3.87. The van der Waals surface area contributed by atoms with Crippen molar-refractivity contribution in [3.8, 4) is 0 Å². The van der Waals surface area contributed by atoms with Gasteiger partial charge in [0.25, 0.3) is 11.8 Å². The second kappa shape index (κ2) is 6.50. The summed E-state index contributed by atoms with van der Waals surface area (Å²) in [6.07, 6.45) is 4.23. The molecule has 0 radical (unpaired) electrons. The van der Waals surface area contributed by atoms with Gasteiger partial charge in [-0.15, -0.1) is 0 Å². The number of hydrogen-bond donors (Lipinski definition) is 1. The van der Waals surface area contributed by atoms with Crippen LogP contribution in [0.15, 0.2) is 54.6 Å². The summed E-state index contributed by atoms with van der Waals surface area (Å²) >= 11 is 0. The van der Waals surface area contributed by atoms with E-state index in [0.717, 1.165) is 5.56 Å². The Balaban J connectivity index is 1.60. The SMILES string of the molecule is O=C(O)c1ccc(C=CCCN2C(=O)c3ccccc3C2=O)cc1. The lowest BCUT2D eigenvalue weighted by Crippen LogP contribution is -2.30. The van der Waals surface area contributed by atoms with Gasteiger partial charge in [0.05, 0.1) is 16.7 Å². The lowest BCUT2D eigenvalue weighted by molar-refractivity contribution is 0.0653. The van der Waals surface area contributed by atoms with Crippen LogP contribution < -0.4 is 0 Å². The Morgan fingerprint density at radius 1 is 0.958 bits per heavy atom. The zero-order valence-corrected chi connectivity index (χ0v) is 12.8. The minimum absolute atomic E-state index is 0.234. The lowest BCUT2D eigenvalue weighted by Gasteiger charge is -2.11. The van der Waals surface area contributed by atoms with E-state index in [-0.39, 0.29) is 17.4 Å². The third kappa shape index (κ3) is 2.96. The number of hydrogen-bond acceptors (Lipinski definition) is 3. The van der Waals surface area contributed by atoms with E-state index in [0.29, 0.717) is 24.1 Å². The molecule has 1 heterocycles. The van der Waals surface area contributed by atoms with Gasteiger partial charge in [-0.2, -0.15) is 0 Å². The van der Waals surface area contributed by atoms with Crippen LogP contribution in [0.4, 0.5) is 0 Å². The average Bonchev–Trinajstić information content (AvgIpc) is 2.84. The molecule has 0 fully saturated rings. The van der Waals surface area contributed by atoms with Gasteiger partial charge in [-0.3, -0.25) is 14.5 Å². The topological polar surface area (TPSA) is 74.7 Å². The number of benzene rings is 2. The summed E-state index contributed by atoms with van der Waals surface area (Å²) in [6.45, 7) is 0.316. The molecule has 5 heteroatoms. The summed E-state index contributed by atoms with van der Waals surface area (Å²) in [5.41, 5.74) is 2.01. The molecule has 0 bridgehead atoms. The molecule has 0 unspecified atom stereocenters. The molecule has 2 aromatic rings. The number of aromatic carboxylic acids is 1. The number of carbonyl (C=O) groups is 3. The Bertz CT molecular complexity index is 802. The van der Waals surface area contributed by atoms with Crippen molar-refractivity contribution in [2.45, 2.75) is 6.42 Å². The van der Waals surface area contributed by atoms with Gasteiger partial charge in [0.15, 0.2) is 0 Å². The van der Waals surface area contributed by atoms with Crippen LogP contribution in [0.3, 0.4) is 0 Å². The quantitative estimate of drug-likeness (QED) is 0.859. The maximum absolute atomic E-state index is 12.2. The predicted octanol–water partition coefficient (Wildman–Crippen LogP) is 3.08. The minimum atomic E-state index is -0.962. The lowest BCUT2D eigenvalue weighted by atomic mass is 10.1. The molecule has 0 aliphatic carbocycles. The van der Waals surface area contributed by atoms with E-state index in [1.807, 2.05) is 12.2 Å². The van der Waals surface area contributed by atoms with Crippen LogP contribution in [0.2, 0.25) is 0 Å². The number of carboxylic acids is 1. The van der Waals surface area contributed by atoms with E-state index in [2.05, 4.69) is 0 Å². The molecule has 1 aliphatic rings. The van der Waals surface area contributed by atoms with Crippen molar-refractivity contribution in [2.75, 3.05) is 6.54 Å². The highest BCUT2D eigenvalue weighted by molar-refractivity contribution is 6.21. The first-order valence-electron chi connectivity index (χ1n) is 7.53. The number of fused-ring (bicyclic) bond motifs is 1. The maximum atomic E-state index is 12.2. The smallest absolute Gasteiger partial charge is 0.335 e. The normalized spacial score (nSPS) is 13.6. The van der Waals surface area contributed by atoms with Crippen LogP contribution in [0.25, 0.3) is 6.08 Å². The summed E-state index contributed by atoms with van der Waals surface area (Å²) in [7, 11) is 0. The fourth-order valence-corrected chi connectivity index (χ4v) is 2.60. The molecule has 5 nitrogen and oxygen atoms in total. The molecule has 24 heavy (non-hydrogen) atoms. The molecule has 0 saturated carbocycles. The van der Waals surface area contributed by atoms with Gasteiger partial charge in [0, 0.05) is 6.54 Å². The van der Waals surface area contributed by atoms with Gasteiger partial charge in [0.2, 0.25) is 0 Å². The van der Waals surface area contributed by atoms with Gasteiger partial charge in [-0.05, 0) is 36.2 Å². The van der Waals surface area contributed by atoms with Gasteiger partial charge in [-0.25, -0.2) is 4.79 Å². The summed E-state index contributed by atoms with van der Waals surface area (Å²) < 4.78 is 0. The van der Waals surface area contributed by atoms with Crippen LogP contribution in [-0.4, -0.2) is 34.3 Å². The van der Waals surface area contributed by atoms with Crippen LogP contribution >= 0.6 is 0 Å². The molecule has 2 amide bonds. The van der Waals surface area contributed by atoms with E-state index >= 15 is 0 Å². The Labute approximate surface area is 138 Å². The highest BCUT2D eigenvalue weighted by atomic mass is 16.4. The highest BCUT2D eigenvalue weighted by Crippen LogP contribution is 2.22. The summed E-state index contributed by atoms with van der Waals surface area (Å²) in [5, 5.41) is 8.85. The molecular formula is C19H15NO4. The van der Waals surface area contributed by atoms with Crippen LogP contribution in [0, 0.1) is 0 Å². The predicted molar refractivity (Wildman–Crippen MR) is 88.9 cm³/mol. The third-order valence-electron chi connectivity index (χ3n) is 3.87. The zero-order valence-electron chi connectivity index (χ0n) is 12.8. The molecule has 2 aromatic carbocycles. The molecule has 120 valence electrons. The fraction of sp³-hybridized carbons (Fsp3) is 0.105. The Morgan fingerprint density at radius 3 is 2.08 bits per heavy atom. The number of rotatable bonds is 5. The van der Waals surface area contributed by atoms with E-state index in [1.165, 1.54) is 17.0 Å². The van der Waals surface area contributed by atoms with Crippen molar-refractivity contribution in [2.24, 2.45) is 0 Å². The molecule has 0 atom stereocenters. The highest BCUT2D eigenvalue weighted by Gasteiger charge is 2.34. The second-order valence-electron chi connectivity index (χ2n) is 5.43. The summed E-state index contributed by atoms with van der Waals surface area (Å²) in [4.78, 5) is 36.4. The first kappa shape index (κ1) is 15.7. The minimum Gasteiger partial charge on any atom is -0.478 e. The average molecular weight is 321 g/mol. The second-order valence-corrected chi connectivity index (χ2v) is 5.43. The Kier molecular flexibility index (Phi) is 4.24. The summed E-state index contributed by atoms with van der Waals surface area (Å²) in [6, 6.07) is 13.3. The molecular weight excluding hydrogens is 306 g/mol. The first-order valence-corrected chi connectivity index (χ1v) is 7.53. The van der Waals surface area contributed by atoms with Crippen molar-refractivity contribution in [1.29, 1.82) is 0 Å². The molecule has 3 rings (SSSR count). The van der Waals surface area contributed by atoms with Crippen molar-refractivity contribution in [3.05, 3.63) is 76.9 Å². The standard InChI is InChI=1S/C19H15NO4/c21-17-15-6-1-2-7-16(15)18(22)20(17)12-4-3-5-13-8-10-14(11-9-13)19(23)24/h1-3,5-11H,4,12H2,(H,23,24). The molecule has 0 spiro atoms. The van der Waals surface area contributed by atoms with Crippen LogP contribution in [0.5, 0.6) is 0 Å². The summed E-state index contributed by atoms with van der Waals surface area (Å²) in [5.74, 6) is -1.47. The molecule has 0 saturated heterocycles. The maximum Gasteiger partial charge on any atom is 0.335 e. The van der Waals surface area contributed by atoms with E-state index in [1.54, 1.807) is 36.4 Å². The van der Waals surface area contributed by atoms with Gasteiger partial charge in [0.1, 0.15) is 0 Å². The van der Waals surface area contributed by atoms with Crippen molar-refractivity contribution >= 4 is 23.9 Å². The van der Waals surface area contributed by atoms with E-state index < -0.39 is 5.97 Å². The zero-order chi connectivity index (χ0) is 17.1. The van der Waals surface area contributed by atoms with E-state index in [9.17, 15) is 14.4 Å². The van der Waals surface area contributed by atoms with Crippen LogP contribution in [-0.2, 0) is 0 Å². The largest absolute Gasteiger partial charge is 0.478 e. The molecule has 0 aromatic heterocycles. The van der Waals surface area contributed by atoms with Crippen LogP contribution in [0.1, 0.15) is 43.1 Å². The van der Waals surface area contributed by atoms with Crippen molar-refractivity contribution < 1.29 is 19.5 Å². The Hall–Kier alpha value is -3.21. The van der Waals surface area contributed by atoms with Gasteiger partial charge < -0.3 is 5.11 Å². The monoisotopic (exact) mass is 321 g/mol. The van der Waals surface area contributed by atoms with Crippen molar-refractivity contribution in [3.63, 3.8) is 0 Å². The fourth-order valence-electron chi connectivity index (χ4n) is 2.60. The van der Waals surface area contributed by atoms with Crippen molar-refractivity contribution in [1.82, 2.24) is 4.90 Å². The molecule has 1 N–H and O–H groups in total. The molecule has 1 aliphatic heterocycles.